The van der Waals surface area contributed by atoms with Crippen LogP contribution in [0.3, 0.4) is 0 Å². The highest BCUT2D eigenvalue weighted by Gasteiger charge is 2.33. The van der Waals surface area contributed by atoms with E-state index in [0.29, 0.717) is 0 Å². The number of hydrogen-bond acceptors (Lipinski definition) is 5. The SMILES string of the molecule is NNc1ncc(CN2CCCC2C2CCCC2)s1. The Labute approximate surface area is 113 Å². The van der Waals surface area contributed by atoms with Crippen LogP contribution < -0.4 is 11.3 Å². The lowest BCUT2D eigenvalue weighted by molar-refractivity contribution is 0.184. The zero-order valence-corrected chi connectivity index (χ0v) is 11.6. The summed E-state index contributed by atoms with van der Waals surface area (Å²) >= 11 is 1.68. The maximum atomic E-state index is 5.38. The van der Waals surface area contributed by atoms with Crippen molar-refractivity contribution in [3.05, 3.63) is 11.1 Å². The highest BCUT2D eigenvalue weighted by molar-refractivity contribution is 7.15. The Hall–Kier alpha value is -0.650. The van der Waals surface area contributed by atoms with Crippen LogP contribution in [0.25, 0.3) is 0 Å². The molecule has 1 saturated heterocycles. The summed E-state index contributed by atoms with van der Waals surface area (Å²) in [4.78, 5) is 8.25. The molecule has 5 heteroatoms. The first kappa shape index (κ1) is 12.4. The maximum Gasteiger partial charge on any atom is 0.197 e. The smallest absolute Gasteiger partial charge is 0.197 e. The first-order valence-electron chi connectivity index (χ1n) is 7.02. The first-order chi connectivity index (χ1) is 8.86. The standard InChI is InChI=1S/C13H22N4S/c14-16-13-15-8-11(18-13)9-17-7-3-6-12(17)10-4-1-2-5-10/h8,10,12H,1-7,9,14H2,(H,15,16). The molecule has 1 aromatic rings. The molecule has 2 aliphatic rings. The predicted octanol–water partition coefficient (Wildman–Crippen LogP) is 2.58. The van der Waals surface area contributed by atoms with Gasteiger partial charge in [-0.05, 0) is 38.1 Å². The Morgan fingerprint density at radius 1 is 1.33 bits per heavy atom. The molecule has 1 aromatic heterocycles. The van der Waals surface area contributed by atoms with E-state index in [-0.39, 0.29) is 0 Å². The minimum Gasteiger partial charge on any atom is -0.300 e. The van der Waals surface area contributed by atoms with Gasteiger partial charge in [0.1, 0.15) is 0 Å². The Morgan fingerprint density at radius 3 is 2.89 bits per heavy atom. The predicted molar refractivity (Wildman–Crippen MR) is 75.3 cm³/mol. The summed E-state index contributed by atoms with van der Waals surface area (Å²) in [5.74, 6) is 6.33. The molecule has 3 rings (SSSR count). The molecule has 0 bridgehead atoms. The van der Waals surface area contributed by atoms with E-state index in [4.69, 9.17) is 5.84 Å². The molecule has 1 aliphatic carbocycles. The van der Waals surface area contributed by atoms with Crippen LogP contribution in [0.1, 0.15) is 43.4 Å². The molecule has 0 aromatic carbocycles. The minimum atomic E-state index is 0.821. The van der Waals surface area contributed by atoms with Crippen molar-refractivity contribution in [2.75, 3.05) is 12.0 Å². The van der Waals surface area contributed by atoms with Gasteiger partial charge in [0, 0.05) is 23.7 Å². The van der Waals surface area contributed by atoms with E-state index in [9.17, 15) is 0 Å². The van der Waals surface area contributed by atoms with Gasteiger partial charge in [0.25, 0.3) is 0 Å². The number of hydrogen-bond donors (Lipinski definition) is 2. The molecular weight excluding hydrogens is 244 g/mol. The van der Waals surface area contributed by atoms with Crippen molar-refractivity contribution in [1.82, 2.24) is 9.88 Å². The summed E-state index contributed by atoms with van der Waals surface area (Å²) in [6.45, 7) is 2.31. The van der Waals surface area contributed by atoms with Crippen molar-refractivity contribution in [3.8, 4) is 0 Å². The van der Waals surface area contributed by atoms with Crippen molar-refractivity contribution < 1.29 is 0 Å². The zero-order chi connectivity index (χ0) is 12.4. The highest BCUT2D eigenvalue weighted by atomic mass is 32.1. The maximum absolute atomic E-state index is 5.38. The lowest BCUT2D eigenvalue weighted by atomic mass is 9.96. The van der Waals surface area contributed by atoms with Crippen molar-refractivity contribution in [3.63, 3.8) is 0 Å². The normalized spacial score (nSPS) is 25.9. The van der Waals surface area contributed by atoms with Gasteiger partial charge in [-0.1, -0.05) is 24.2 Å². The molecular formula is C13H22N4S. The number of nitrogen functional groups attached to an aromatic ring is 1. The van der Waals surface area contributed by atoms with Crippen LogP contribution in [0, 0.1) is 5.92 Å². The molecule has 0 amide bonds. The Kier molecular flexibility index (Phi) is 3.82. The summed E-state index contributed by atoms with van der Waals surface area (Å²) in [5, 5.41) is 0.821. The van der Waals surface area contributed by atoms with Gasteiger partial charge in [-0.25, -0.2) is 10.8 Å². The molecule has 1 unspecified atom stereocenters. The number of anilines is 1. The summed E-state index contributed by atoms with van der Waals surface area (Å²) in [6.07, 6.45) is 10.5. The van der Waals surface area contributed by atoms with E-state index >= 15 is 0 Å². The quantitative estimate of drug-likeness (QED) is 0.649. The van der Waals surface area contributed by atoms with Gasteiger partial charge in [0.15, 0.2) is 5.13 Å². The summed E-state index contributed by atoms with van der Waals surface area (Å²) in [7, 11) is 0. The number of thiazole rings is 1. The van der Waals surface area contributed by atoms with Gasteiger partial charge < -0.3 is 0 Å². The van der Waals surface area contributed by atoms with Crippen LogP contribution in [-0.4, -0.2) is 22.5 Å². The van der Waals surface area contributed by atoms with E-state index in [2.05, 4.69) is 15.3 Å². The second kappa shape index (κ2) is 5.55. The Morgan fingerprint density at radius 2 is 2.17 bits per heavy atom. The number of rotatable bonds is 4. The van der Waals surface area contributed by atoms with Crippen molar-refractivity contribution in [2.24, 2.45) is 11.8 Å². The molecule has 0 spiro atoms. The summed E-state index contributed by atoms with van der Waals surface area (Å²) in [6, 6.07) is 0.823. The van der Waals surface area contributed by atoms with E-state index in [0.717, 1.165) is 23.6 Å². The second-order valence-electron chi connectivity index (χ2n) is 5.50. The van der Waals surface area contributed by atoms with Gasteiger partial charge >= 0.3 is 0 Å². The van der Waals surface area contributed by atoms with E-state index in [1.165, 1.54) is 49.9 Å². The lowest BCUT2D eigenvalue weighted by Crippen LogP contribution is -2.33. The molecule has 2 fully saturated rings. The average Bonchev–Trinajstić information content (AvgIpc) is 3.09. The largest absolute Gasteiger partial charge is 0.300 e. The number of aromatic nitrogens is 1. The molecule has 1 aliphatic heterocycles. The van der Waals surface area contributed by atoms with E-state index in [1.807, 2.05) is 6.20 Å². The van der Waals surface area contributed by atoms with Crippen LogP contribution >= 0.6 is 11.3 Å². The fourth-order valence-electron chi connectivity index (χ4n) is 3.57. The Balaban J connectivity index is 1.63. The van der Waals surface area contributed by atoms with Crippen molar-refractivity contribution >= 4 is 16.5 Å². The van der Waals surface area contributed by atoms with Gasteiger partial charge in [-0.15, -0.1) is 0 Å². The molecule has 3 N–H and O–H groups in total. The van der Waals surface area contributed by atoms with Gasteiger partial charge in [-0.2, -0.15) is 0 Å². The van der Waals surface area contributed by atoms with Gasteiger partial charge in [0.2, 0.25) is 0 Å². The van der Waals surface area contributed by atoms with Crippen LogP contribution in [0.2, 0.25) is 0 Å². The summed E-state index contributed by atoms with van der Waals surface area (Å²) in [5.41, 5.74) is 2.63. The number of nitrogens with zero attached hydrogens (tertiary/aromatic N) is 2. The van der Waals surface area contributed by atoms with Crippen LogP contribution in [0.15, 0.2) is 6.20 Å². The summed E-state index contributed by atoms with van der Waals surface area (Å²) < 4.78 is 0. The third-order valence-electron chi connectivity index (χ3n) is 4.39. The van der Waals surface area contributed by atoms with Crippen LogP contribution in [0.4, 0.5) is 5.13 Å². The van der Waals surface area contributed by atoms with E-state index in [1.54, 1.807) is 11.3 Å². The van der Waals surface area contributed by atoms with E-state index < -0.39 is 0 Å². The van der Waals surface area contributed by atoms with Gasteiger partial charge in [0.05, 0.1) is 0 Å². The minimum absolute atomic E-state index is 0.821. The number of hydrazine groups is 1. The monoisotopic (exact) mass is 266 g/mol. The molecule has 2 heterocycles. The fourth-order valence-corrected chi connectivity index (χ4v) is 4.32. The number of likely N-dealkylation sites (tertiary alicyclic amines) is 1. The number of nitrogens with two attached hydrogens (primary N) is 1. The molecule has 18 heavy (non-hydrogen) atoms. The highest BCUT2D eigenvalue weighted by Crippen LogP contribution is 2.36. The molecule has 4 nitrogen and oxygen atoms in total. The van der Waals surface area contributed by atoms with Crippen LogP contribution in [0.5, 0.6) is 0 Å². The Bertz CT molecular complexity index is 386. The average molecular weight is 266 g/mol. The topological polar surface area (TPSA) is 54.2 Å². The van der Waals surface area contributed by atoms with Gasteiger partial charge in [-0.3, -0.25) is 10.3 Å². The van der Waals surface area contributed by atoms with Crippen molar-refractivity contribution in [1.29, 1.82) is 0 Å². The first-order valence-corrected chi connectivity index (χ1v) is 7.84. The molecule has 100 valence electrons. The van der Waals surface area contributed by atoms with Crippen molar-refractivity contribution in [2.45, 2.75) is 51.1 Å². The second-order valence-corrected chi connectivity index (χ2v) is 6.62. The third kappa shape index (κ3) is 2.53. The number of nitrogens with one attached hydrogen (secondary N) is 1. The zero-order valence-electron chi connectivity index (χ0n) is 10.8. The molecule has 1 saturated carbocycles. The third-order valence-corrected chi connectivity index (χ3v) is 5.31. The fraction of sp³-hybridized carbons (Fsp3) is 0.769. The lowest BCUT2D eigenvalue weighted by Gasteiger charge is -2.28. The molecule has 1 atom stereocenters. The van der Waals surface area contributed by atoms with Crippen LogP contribution in [-0.2, 0) is 6.54 Å². The molecule has 0 radical (unpaired) electrons.